The molecule has 0 bridgehead atoms. The number of nitrogens with zero attached hydrogens (tertiary/aromatic N) is 1. The van der Waals surface area contributed by atoms with E-state index in [1.165, 1.54) is 25.7 Å². The van der Waals surface area contributed by atoms with Crippen LogP contribution < -0.4 is 10.6 Å². The van der Waals surface area contributed by atoms with Gasteiger partial charge in [0.15, 0.2) is 0 Å². The van der Waals surface area contributed by atoms with E-state index >= 15 is 0 Å². The fourth-order valence-corrected chi connectivity index (χ4v) is 2.86. The van der Waals surface area contributed by atoms with Gasteiger partial charge in [0.2, 0.25) is 0 Å². The topological polar surface area (TPSA) is 54.0 Å². The number of anilines is 1. The average molecular weight is 289 g/mol. The molecule has 1 aliphatic rings. The molecule has 0 aromatic carbocycles. The molecule has 2 rings (SSSR count). The van der Waals surface area contributed by atoms with Crippen molar-refractivity contribution in [2.24, 2.45) is 5.92 Å². The molecule has 1 heterocycles. The Balaban J connectivity index is 1.98. The van der Waals surface area contributed by atoms with E-state index in [0.29, 0.717) is 11.6 Å². The van der Waals surface area contributed by atoms with E-state index in [-0.39, 0.29) is 11.9 Å². The lowest BCUT2D eigenvalue weighted by atomic mass is 9.97. The summed E-state index contributed by atoms with van der Waals surface area (Å²) in [6.45, 7) is 5.22. The number of aromatic nitrogens is 1. The third kappa shape index (κ3) is 4.73. The summed E-state index contributed by atoms with van der Waals surface area (Å²) in [6, 6.07) is 5.86. The van der Waals surface area contributed by atoms with Crippen molar-refractivity contribution in [3.63, 3.8) is 0 Å². The van der Waals surface area contributed by atoms with Gasteiger partial charge in [0.05, 0.1) is 0 Å². The Morgan fingerprint density at radius 2 is 2.10 bits per heavy atom. The SMILES string of the molecule is CCCNc1cccc(C(=O)NC2CCCCCC2C)n1. The van der Waals surface area contributed by atoms with Gasteiger partial charge >= 0.3 is 0 Å². The first-order chi connectivity index (χ1) is 10.2. The van der Waals surface area contributed by atoms with Crippen molar-refractivity contribution in [1.82, 2.24) is 10.3 Å². The van der Waals surface area contributed by atoms with Crippen LogP contribution in [-0.4, -0.2) is 23.5 Å². The Morgan fingerprint density at radius 1 is 1.29 bits per heavy atom. The Labute approximate surface area is 127 Å². The van der Waals surface area contributed by atoms with Crippen molar-refractivity contribution in [3.05, 3.63) is 23.9 Å². The van der Waals surface area contributed by atoms with Gasteiger partial charge in [-0.15, -0.1) is 0 Å². The van der Waals surface area contributed by atoms with Gasteiger partial charge in [0, 0.05) is 12.6 Å². The number of rotatable bonds is 5. The van der Waals surface area contributed by atoms with E-state index in [4.69, 9.17) is 0 Å². The van der Waals surface area contributed by atoms with Gasteiger partial charge in [-0.25, -0.2) is 4.98 Å². The number of hydrogen-bond donors (Lipinski definition) is 2. The highest BCUT2D eigenvalue weighted by Crippen LogP contribution is 2.23. The summed E-state index contributed by atoms with van der Waals surface area (Å²) < 4.78 is 0. The van der Waals surface area contributed by atoms with Crippen LogP contribution in [-0.2, 0) is 0 Å². The van der Waals surface area contributed by atoms with Crippen LogP contribution in [0.1, 0.15) is 62.9 Å². The predicted molar refractivity (Wildman–Crippen MR) is 86.5 cm³/mol. The molecule has 0 spiro atoms. The van der Waals surface area contributed by atoms with E-state index in [9.17, 15) is 4.79 Å². The van der Waals surface area contributed by atoms with Crippen molar-refractivity contribution in [2.45, 2.75) is 58.4 Å². The molecule has 0 saturated heterocycles. The number of hydrogen-bond acceptors (Lipinski definition) is 3. The molecule has 1 amide bonds. The lowest BCUT2D eigenvalue weighted by Crippen LogP contribution is -2.39. The van der Waals surface area contributed by atoms with Crippen molar-refractivity contribution in [2.75, 3.05) is 11.9 Å². The molecule has 116 valence electrons. The minimum atomic E-state index is -0.0473. The Hall–Kier alpha value is -1.58. The summed E-state index contributed by atoms with van der Waals surface area (Å²) in [5.41, 5.74) is 0.507. The molecule has 1 saturated carbocycles. The predicted octanol–water partition coefficient (Wildman–Crippen LogP) is 3.60. The van der Waals surface area contributed by atoms with Crippen molar-refractivity contribution in [3.8, 4) is 0 Å². The second kappa shape index (κ2) is 8.01. The summed E-state index contributed by atoms with van der Waals surface area (Å²) in [6.07, 6.45) is 7.10. The number of carbonyl (C=O) groups is 1. The molecule has 4 nitrogen and oxygen atoms in total. The molecule has 1 aromatic rings. The second-order valence-corrected chi connectivity index (χ2v) is 6.03. The highest BCUT2D eigenvalue weighted by atomic mass is 16.1. The number of nitrogens with one attached hydrogen (secondary N) is 2. The average Bonchev–Trinajstić information content (AvgIpc) is 2.70. The third-order valence-corrected chi connectivity index (χ3v) is 4.22. The van der Waals surface area contributed by atoms with Gasteiger partial charge in [-0.3, -0.25) is 4.79 Å². The molecule has 4 heteroatoms. The van der Waals surface area contributed by atoms with E-state index in [1.807, 2.05) is 12.1 Å². The Bertz CT molecular complexity index is 461. The standard InChI is InChI=1S/C17H27N3O/c1-3-12-18-16-11-7-10-15(19-16)17(21)20-14-9-6-4-5-8-13(14)2/h7,10-11,13-14H,3-6,8-9,12H2,1-2H3,(H,18,19)(H,20,21). The Morgan fingerprint density at radius 3 is 2.90 bits per heavy atom. The summed E-state index contributed by atoms with van der Waals surface area (Å²) in [5, 5.41) is 6.40. The molecule has 21 heavy (non-hydrogen) atoms. The van der Waals surface area contributed by atoms with Crippen molar-refractivity contribution < 1.29 is 4.79 Å². The second-order valence-electron chi connectivity index (χ2n) is 6.03. The largest absolute Gasteiger partial charge is 0.370 e. The van der Waals surface area contributed by atoms with Crippen LogP contribution in [0.2, 0.25) is 0 Å². The normalized spacial score (nSPS) is 22.4. The summed E-state index contributed by atoms with van der Waals surface area (Å²) in [5.74, 6) is 1.28. The monoisotopic (exact) mass is 289 g/mol. The number of amides is 1. The van der Waals surface area contributed by atoms with Gasteiger partial charge in [-0.1, -0.05) is 39.2 Å². The van der Waals surface area contributed by atoms with Gasteiger partial charge in [-0.2, -0.15) is 0 Å². The molecule has 0 aliphatic heterocycles. The molecule has 1 aliphatic carbocycles. The summed E-state index contributed by atoms with van der Waals surface area (Å²) in [7, 11) is 0. The number of carbonyl (C=O) groups excluding carboxylic acids is 1. The van der Waals surface area contributed by atoms with Crippen LogP contribution in [0.5, 0.6) is 0 Å². The van der Waals surface area contributed by atoms with E-state index in [2.05, 4.69) is 29.5 Å². The zero-order valence-electron chi connectivity index (χ0n) is 13.2. The first-order valence-corrected chi connectivity index (χ1v) is 8.22. The van der Waals surface area contributed by atoms with Gasteiger partial charge < -0.3 is 10.6 Å². The maximum atomic E-state index is 12.4. The molecule has 2 unspecified atom stereocenters. The summed E-state index contributed by atoms with van der Waals surface area (Å²) >= 11 is 0. The zero-order chi connectivity index (χ0) is 15.1. The summed E-state index contributed by atoms with van der Waals surface area (Å²) in [4.78, 5) is 16.8. The Kier molecular flexibility index (Phi) is 6.03. The van der Waals surface area contributed by atoms with Crippen LogP contribution in [0.4, 0.5) is 5.82 Å². The molecular formula is C17H27N3O. The third-order valence-electron chi connectivity index (χ3n) is 4.22. The lowest BCUT2D eigenvalue weighted by molar-refractivity contribution is 0.0916. The van der Waals surface area contributed by atoms with E-state index in [0.717, 1.165) is 25.2 Å². The van der Waals surface area contributed by atoms with Crippen LogP contribution >= 0.6 is 0 Å². The molecule has 1 aromatic heterocycles. The molecule has 2 N–H and O–H groups in total. The van der Waals surface area contributed by atoms with Crippen molar-refractivity contribution in [1.29, 1.82) is 0 Å². The van der Waals surface area contributed by atoms with E-state index < -0.39 is 0 Å². The molecule has 0 radical (unpaired) electrons. The minimum Gasteiger partial charge on any atom is -0.370 e. The minimum absolute atomic E-state index is 0.0473. The van der Waals surface area contributed by atoms with Crippen LogP contribution in [0.3, 0.4) is 0 Å². The van der Waals surface area contributed by atoms with Crippen molar-refractivity contribution >= 4 is 11.7 Å². The van der Waals surface area contributed by atoms with Gasteiger partial charge in [0.25, 0.3) is 5.91 Å². The first kappa shape index (κ1) is 15.8. The first-order valence-electron chi connectivity index (χ1n) is 8.22. The van der Waals surface area contributed by atoms with Gasteiger partial charge in [-0.05, 0) is 37.3 Å². The molecule has 1 fully saturated rings. The van der Waals surface area contributed by atoms with Crippen LogP contribution in [0.15, 0.2) is 18.2 Å². The quantitative estimate of drug-likeness (QED) is 0.814. The fourth-order valence-electron chi connectivity index (χ4n) is 2.86. The van der Waals surface area contributed by atoms with Crippen LogP contribution in [0, 0.1) is 5.92 Å². The fraction of sp³-hybridized carbons (Fsp3) is 0.647. The highest BCUT2D eigenvalue weighted by molar-refractivity contribution is 5.92. The zero-order valence-corrected chi connectivity index (χ0v) is 13.2. The smallest absolute Gasteiger partial charge is 0.270 e. The molecule has 2 atom stereocenters. The van der Waals surface area contributed by atoms with Gasteiger partial charge in [0.1, 0.15) is 11.5 Å². The lowest BCUT2D eigenvalue weighted by Gasteiger charge is -2.22. The highest BCUT2D eigenvalue weighted by Gasteiger charge is 2.22. The van der Waals surface area contributed by atoms with Crippen LogP contribution in [0.25, 0.3) is 0 Å². The maximum Gasteiger partial charge on any atom is 0.270 e. The number of pyridine rings is 1. The maximum absolute atomic E-state index is 12.4. The van der Waals surface area contributed by atoms with E-state index in [1.54, 1.807) is 6.07 Å². The molecular weight excluding hydrogens is 262 g/mol.